The highest BCUT2D eigenvalue weighted by molar-refractivity contribution is 9.10. The molecule has 5 heteroatoms. The van der Waals surface area contributed by atoms with Crippen LogP contribution in [0.15, 0.2) is 34.8 Å². The van der Waals surface area contributed by atoms with E-state index < -0.39 is 0 Å². The number of phenolic OH excluding ortho intramolecular Hbond substituents is 1. The zero-order valence-electron chi connectivity index (χ0n) is 9.61. The summed E-state index contributed by atoms with van der Waals surface area (Å²) in [5, 5.41) is 9.91. The Kier molecular flexibility index (Phi) is 2.56. The Hall–Kier alpha value is -1.88. The third-order valence-corrected chi connectivity index (χ3v) is 3.19. The van der Waals surface area contributed by atoms with Crippen molar-refractivity contribution >= 4 is 27.1 Å². The predicted octanol–water partition coefficient (Wildman–Crippen LogP) is 3.40. The SMILES string of the molecule is Cc1ccc2[nH]c(-c3ccc(Br)cc3O)nc2n1. The fourth-order valence-electron chi connectivity index (χ4n) is 1.82. The third-order valence-electron chi connectivity index (χ3n) is 2.70. The van der Waals surface area contributed by atoms with Crippen LogP contribution in [-0.4, -0.2) is 20.1 Å². The Labute approximate surface area is 112 Å². The lowest BCUT2D eigenvalue weighted by molar-refractivity contribution is 0.476. The fraction of sp³-hybridized carbons (Fsp3) is 0.0769. The third kappa shape index (κ3) is 1.86. The summed E-state index contributed by atoms with van der Waals surface area (Å²) in [7, 11) is 0. The van der Waals surface area contributed by atoms with E-state index in [0.29, 0.717) is 17.0 Å². The minimum atomic E-state index is 0.181. The molecule has 2 heterocycles. The summed E-state index contributed by atoms with van der Waals surface area (Å²) < 4.78 is 0.828. The van der Waals surface area contributed by atoms with E-state index in [2.05, 4.69) is 30.9 Å². The lowest BCUT2D eigenvalue weighted by atomic mass is 10.2. The quantitative estimate of drug-likeness (QED) is 0.724. The van der Waals surface area contributed by atoms with Gasteiger partial charge in [0.15, 0.2) is 5.65 Å². The number of phenols is 1. The van der Waals surface area contributed by atoms with Gasteiger partial charge in [0.2, 0.25) is 0 Å². The molecular weight excluding hydrogens is 294 g/mol. The van der Waals surface area contributed by atoms with Gasteiger partial charge in [-0.05, 0) is 37.3 Å². The molecule has 2 aromatic heterocycles. The van der Waals surface area contributed by atoms with Crippen molar-refractivity contribution in [1.29, 1.82) is 0 Å². The van der Waals surface area contributed by atoms with Crippen LogP contribution in [0.25, 0.3) is 22.6 Å². The highest BCUT2D eigenvalue weighted by Crippen LogP contribution is 2.30. The predicted molar refractivity (Wildman–Crippen MR) is 73.4 cm³/mol. The second kappa shape index (κ2) is 4.10. The Bertz CT molecular complexity index is 736. The topological polar surface area (TPSA) is 61.8 Å². The monoisotopic (exact) mass is 303 g/mol. The first-order valence-corrected chi connectivity index (χ1v) is 6.25. The number of aromatic hydroxyl groups is 1. The van der Waals surface area contributed by atoms with Crippen molar-refractivity contribution in [1.82, 2.24) is 15.0 Å². The number of halogens is 1. The van der Waals surface area contributed by atoms with Crippen LogP contribution in [0.5, 0.6) is 5.75 Å². The number of aromatic nitrogens is 3. The number of pyridine rings is 1. The summed E-state index contributed by atoms with van der Waals surface area (Å²) in [6.07, 6.45) is 0. The van der Waals surface area contributed by atoms with Gasteiger partial charge in [0.25, 0.3) is 0 Å². The van der Waals surface area contributed by atoms with Crippen molar-refractivity contribution in [3.05, 3.63) is 40.5 Å². The first-order valence-electron chi connectivity index (χ1n) is 5.46. The van der Waals surface area contributed by atoms with Gasteiger partial charge in [-0.1, -0.05) is 15.9 Å². The lowest BCUT2D eigenvalue weighted by Gasteiger charge is -2.00. The molecule has 0 saturated heterocycles. The molecule has 0 aliphatic heterocycles. The van der Waals surface area contributed by atoms with Crippen LogP contribution < -0.4 is 0 Å². The molecule has 0 fully saturated rings. The Morgan fingerprint density at radius 2 is 2.00 bits per heavy atom. The smallest absolute Gasteiger partial charge is 0.178 e. The minimum Gasteiger partial charge on any atom is -0.507 e. The number of aryl methyl sites for hydroxylation is 1. The molecule has 0 saturated carbocycles. The average molecular weight is 304 g/mol. The standard InChI is InChI=1S/C13H10BrN3O/c1-7-2-5-10-13(15-7)17-12(16-10)9-4-3-8(14)6-11(9)18/h2-6,18H,1H3,(H,15,16,17). The molecule has 3 rings (SSSR count). The summed E-state index contributed by atoms with van der Waals surface area (Å²) >= 11 is 3.31. The number of hydrogen-bond donors (Lipinski definition) is 2. The molecule has 18 heavy (non-hydrogen) atoms. The van der Waals surface area contributed by atoms with Crippen molar-refractivity contribution in [2.45, 2.75) is 6.92 Å². The van der Waals surface area contributed by atoms with E-state index in [9.17, 15) is 5.11 Å². The van der Waals surface area contributed by atoms with Gasteiger partial charge in [0.05, 0.1) is 11.1 Å². The van der Waals surface area contributed by atoms with Gasteiger partial charge < -0.3 is 10.1 Å². The van der Waals surface area contributed by atoms with Crippen molar-refractivity contribution in [2.75, 3.05) is 0 Å². The molecule has 0 unspecified atom stereocenters. The van der Waals surface area contributed by atoms with Crippen molar-refractivity contribution < 1.29 is 5.11 Å². The van der Waals surface area contributed by atoms with Crippen LogP contribution >= 0.6 is 15.9 Å². The number of rotatable bonds is 1. The number of hydrogen-bond acceptors (Lipinski definition) is 3. The molecular formula is C13H10BrN3O. The highest BCUT2D eigenvalue weighted by Gasteiger charge is 2.10. The second-order valence-electron chi connectivity index (χ2n) is 4.07. The van der Waals surface area contributed by atoms with E-state index in [1.807, 2.05) is 31.2 Å². The molecule has 1 aromatic carbocycles. The maximum Gasteiger partial charge on any atom is 0.178 e. The summed E-state index contributed by atoms with van der Waals surface area (Å²) in [6, 6.07) is 9.17. The summed E-state index contributed by atoms with van der Waals surface area (Å²) in [5.74, 6) is 0.799. The van der Waals surface area contributed by atoms with Gasteiger partial charge in [0.1, 0.15) is 11.6 Å². The van der Waals surface area contributed by atoms with Crippen LogP contribution in [0, 0.1) is 6.92 Å². The Balaban J connectivity index is 2.19. The van der Waals surface area contributed by atoms with Crippen molar-refractivity contribution in [3.8, 4) is 17.1 Å². The van der Waals surface area contributed by atoms with E-state index in [4.69, 9.17) is 0 Å². The van der Waals surface area contributed by atoms with Gasteiger partial charge in [-0.15, -0.1) is 0 Å². The zero-order chi connectivity index (χ0) is 12.7. The fourth-order valence-corrected chi connectivity index (χ4v) is 2.17. The van der Waals surface area contributed by atoms with E-state index in [-0.39, 0.29) is 5.75 Å². The van der Waals surface area contributed by atoms with E-state index >= 15 is 0 Å². The second-order valence-corrected chi connectivity index (χ2v) is 4.99. The number of nitrogens with one attached hydrogen (secondary N) is 1. The van der Waals surface area contributed by atoms with Gasteiger partial charge in [0, 0.05) is 10.2 Å². The highest BCUT2D eigenvalue weighted by atomic mass is 79.9. The number of imidazole rings is 1. The molecule has 4 nitrogen and oxygen atoms in total. The minimum absolute atomic E-state index is 0.181. The average Bonchev–Trinajstić information content (AvgIpc) is 2.71. The summed E-state index contributed by atoms with van der Waals surface area (Å²) in [5.41, 5.74) is 3.10. The van der Waals surface area contributed by atoms with Crippen LogP contribution in [0.2, 0.25) is 0 Å². The first kappa shape index (κ1) is 11.2. The summed E-state index contributed by atoms with van der Waals surface area (Å²) in [4.78, 5) is 11.9. The molecule has 0 atom stereocenters. The number of fused-ring (bicyclic) bond motifs is 1. The van der Waals surface area contributed by atoms with Gasteiger partial charge >= 0.3 is 0 Å². The van der Waals surface area contributed by atoms with Crippen molar-refractivity contribution in [2.24, 2.45) is 0 Å². The molecule has 0 spiro atoms. The summed E-state index contributed by atoms with van der Waals surface area (Å²) in [6.45, 7) is 1.92. The van der Waals surface area contributed by atoms with Crippen molar-refractivity contribution in [3.63, 3.8) is 0 Å². The maximum atomic E-state index is 9.91. The normalized spacial score (nSPS) is 11.0. The van der Waals surface area contributed by atoms with E-state index in [1.54, 1.807) is 6.07 Å². The lowest BCUT2D eigenvalue weighted by Crippen LogP contribution is -1.82. The van der Waals surface area contributed by atoms with Gasteiger partial charge in [-0.3, -0.25) is 0 Å². The van der Waals surface area contributed by atoms with Crippen LogP contribution in [0.1, 0.15) is 5.69 Å². The molecule has 90 valence electrons. The Morgan fingerprint density at radius 3 is 2.78 bits per heavy atom. The van der Waals surface area contributed by atoms with E-state index in [1.165, 1.54) is 0 Å². The molecule has 3 aromatic rings. The largest absolute Gasteiger partial charge is 0.507 e. The van der Waals surface area contributed by atoms with Crippen LogP contribution in [-0.2, 0) is 0 Å². The number of nitrogens with zero attached hydrogens (tertiary/aromatic N) is 2. The molecule has 0 aliphatic carbocycles. The number of benzene rings is 1. The number of H-pyrrole nitrogens is 1. The molecule has 0 radical (unpaired) electrons. The van der Waals surface area contributed by atoms with Gasteiger partial charge in [-0.25, -0.2) is 9.97 Å². The Morgan fingerprint density at radius 1 is 1.17 bits per heavy atom. The molecule has 0 amide bonds. The van der Waals surface area contributed by atoms with Crippen LogP contribution in [0.4, 0.5) is 0 Å². The zero-order valence-corrected chi connectivity index (χ0v) is 11.2. The first-order chi connectivity index (χ1) is 8.63. The number of aromatic amines is 1. The van der Waals surface area contributed by atoms with E-state index in [0.717, 1.165) is 15.7 Å². The van der Waals surface area contributed by atoms with Gasteiger partial charge in [-0.2, -0.15) is 0 Å². The van der Waals surface area contributed by atoms with Crippen LogP contribution in [0.3, 0.4) is 0 Å². The molecule has 0 bridgehead atoms. The maximum absolute atomic E-state index is 9.91. The molecule has 0 aliphatic rings. The molecule has 2 N–H and O–H groups in total.